The number of allylic oxidation sites excluding steroid dienone is 2. The summed E-state index contributed by atoms with van der Waals surface area (Å²) in [6, 6.07) is 9.16. The Balaban J connectivity index is 2.61. The van der Waals surface area contributed by atoms with Crippen molar-refractivity contribution in [2.45, 2.75) is 19.8 Å². The summed E-state index contributed by atoms with van der Waals surface area (Å²) in [5.41, 5.74) is 6.98. The summed E-state index contributed by atoms with van der Waals surface area (Å²) in [5, 5.41) is 9.46. The molecular weight excluding hydrogens is 296 g/mol. The van der Waals surface area contributed by atoms with Crippen LogP contribution in [-0.2, 0) is 14.3 Å². The second-order valence-corrected chi connectivity index (χ2v) is 4.89. The molecule has 1 aromatic carbocycles. The van der Waals surface area contributed by atoms with E-state index in [0.717, 1.165) is 0 Å². The average Bonchev–Trinajstić information content (AvgIpc) is 2.54. The first-order valence-corrected chi connectivity index (χ1v) is 7.12. The van der Waals surface area contributed by atoms with Crippen molar-refractivity contribution >= 4 is 5.97 Å². The lowest BCUT2D eigenvalue weighted by molar-refractivity contribution is -0.139. The monoisotopic (exact) mass is 314 g/mol. The molecule has 0 spiro atoms. The molecule has 1 aliphatic rings. The van der Waals surface area contributed by atoms with E-state index in [2.05, 4.69) is 0 Å². The van der Waals surface area contributed by atoms with Gasteiger partial charge in [0.15, 0.2) is 0 Å². The smallest absolute Gasteiger partial charge is 0.338 e. The van der Waals surface area contributed by atoms with Crippen LogP contribution in [0, 0.1) is 11.3 Å². The Morgan fingerprint density at radius 2 is 2.22 bits per heavy atom. The minimum Gasteiger partial charge on any atom is -0.497 e. The maximum absolute atomic E-state index is 12.4. The van der Waals surface area contributed by atoms with Crippen molar-refractivity contribution in [3.05, 3.63) is 52.6 Å². The molecule has 6 heteroatoms. The summed E-state index contributed by atoms with van der Waals surface area (Å²) in [5.74, 6) is -0.245. The van der Waals surface area contributed by atoms with Gasteiger partial charge in [0.25, 0.3) is 0 Å². The van der Waals surface area contributed by atoms with Crippen LogP contribution >= 0.6 is 0 Å². The molecule has 0 saturated heterocycles. The number of rotatable bonds is 4. The summed E-state index contributed by atoms with van der Waals surface area (Å²) < 4.78 is 15.7. The first kappa shape index (κ1) is 16.4. The van der Waals surface area contributed by atoms with Crippen molar-refractivity contribution in [1.82, 2.24) is 0 Å². The second kappa shape index (κ2) is 6.88. The molecule has 2 N–H and O–H groups in total. The Kier molecular flexibility index (Phi) is 4.91. The zero-order valence-electron chi connectivity index (χ0n) is 13.3. The topological polar surface area (TPSA) is 94.6 Å². The maximum atomic E-state index is 12.4. The van der Waals surface area contributed by atoms with E-state index >= 15 is 0 Å². The van der Waals surface area contributed by atoms with Gasteiger partial charge in [-0.1, -0.05) is 12.1 Å². The standard InChI is InChI=1S/C17H18N2O4/c1-4-22-17(20)14-10(2)23-16(19)13(9-18)15(14)11-6-5-7-12(8-11)21-3/h5-8,15H,4,19H2,1-3H3/t15-/m1/s1. The predicted molar refractivity (Wildman–Crippen MR) is 83.0 cm³/mol. The van der Waals surface area contributed by atoms with Crippen LogP contribution in [0.1, 0.15) is 25.3 Å². The largest absolute Gasteiger partial charge is 0.497 e. The van der Waals surface area contributed by atoms with E-state index in [1.807, 2.05) is 6.07 Å². The van der Waals surface area contributed by atoms with E-state index in [1.54, 1.807) is 45.2 Å². The fourth-order valence-corrected chi connectivity index (χ4v) is 2.51. The molecule has 1 aliphatic heterocycles. The van der Waals surface area contributed by atoms with E-state index in [-0.39, 0.29) is 23.6 Å². The number of esters is 1. The number of hydrogen-bond acceptors (Lipinski definition) is 6. The fraction of sp³-hybridized carbons (Fsp3) is 0.294. The van der Waals surface area contributed by atoms with Crippen LogP contribution in [0.5, 0.6) is 5.75 Å². The number of nitrogens with zero attached hydrogens (tertiary/aromatic N) is 1. The Morgan fingerprint density at radius 1 is 1.48 bits per heavy atom. The van der Waals surface area contributed by atoms with Crippen molar-refractivity contribution in [3.8, 4) is 11.8 Å². The van der Waals surface area contributed by atoms with Crippen LogP contribution in [0.3, 0.4) is 0 Å². The molecule has 0 saturated carbocycles. The number of methoxy groups -OCH3 is 1. The van der Waals surface area contributed by atoms with Crippen LogP contribution < -0.4 is 10.5 Å². The number of carbonyl (C=O) groups is 1. The first-order valence-electron chi connectivity index (χ1n) is 7.12. The van der Waals surface area contributed by atoms with E-state index < -0.39 is 11.9 Å². The molecule has 1 aromatic rings. The summed E-state index contributed by atoms with van der Waals surface area (Å²) >= 11 is 0. The first-order chi connectivity index (χ1) is 11.0. The maximum Gasteiger partial charge on any atom is 0.338 e. The van der Waals surface area contributed by atoms with Crippen molar-refractivity contribution in [2.24, 2.45) is 5.73 Å². The third-order valence-electron chi connectivity index (χ3n) is 3.53. The number of ether oxygens (including phenoxy) is 3. The van der Waals surface area contributed by atoms with Gasteiger partial charge in [-0.3, -0.25) is 0 Å². The number of carbonyl (C=O) groups excluding carboxylic acids is 1. The molecule has 0 aliphatic carbocycles. The Hall–Kier alpha value is -2.94. The molecular formula is C17H18N2O4. The lowest BCUT2D eigenvalue weighted by Crippen LogP contribution is -2.25. The molecule has 1 atom stereocenters. The van der Waals surface area contributed by atoms with Crippen LogP contribution in [-0.4, -0.2) is 19.7 Å². The third-order valence-corrected chi connectivity index (χ3v) is 3.53. The fourth-order valence-electron chi connectivity index (χ4n) is 2.51. The normalized spacial score (nSPS) is 17.4. The van der Waals surface area contributed by atoms with Gasteiger partial charge in [0, 0.05) is 0 Å². The lowest BCUT2D eigenvalue weighted by atomic mass is 9.83. The molecule has 6 nitrogen and oxygen atoms in total. The minimum absolute atomic E-state index is 0.00846. The summed E-state index contributed by atoms with van der Waals surface area (Å²) in [4.78, 5) is 12.4. The van der Waals surface area contributed by atoms with E-state index in [9.17, 15) is 10.1 Å². The molecule has 0 aromatic heterocycles. The zero-order valence-corrected chi connectivity index (χ0v) is 13.3. The van der Waals surface area contributed by atoms with Gasteiger partial charge in [-0.2, -0.15) is 5.26 Å². The minimum atomic E-state index is -0.650. The highest BCUT2D eigenvalue weighted by Gasteiger charge is 2.36. The SMILES string of the molecule is CCOC(=O)C1=C(C)OC(N)=C(C#N)[C@H]1c1cccc(OC)c1. The van der Waals surface area contributed by atoms with Gasteiger partial charge in [-0.25, -0.2) is 4.79 Å². The molecule has 1 heterocycles. The highest BCUT2D eigenvalue weighted by molar-refractivity contribution is 5.92. The Bertz CT molecular complexity index is 728. The van der Waals surface area contributed by atoms with Crippen molar-refractivity contribution < 1.29 is 19.0 Å². The van der Waals surface area contributed by atoms with E-state index in [4.69, 9.17) is 19.9 Å². The van der Waals surface area contributed by atoms with Gasteiger partial charge in [0.1, 0.15) is 23.2 Å². The van der Waals surface area contributed by atoms with Gasteiger partial charge < -0.3 is 19.9 Å². The quantitative estimate of drug-likeness (QED) is 0.857. The molecule has 0 radical (unpaired) electrons. The molecule has 2 rings (SSSR count). The molecule has 0 bridgehead atoms. The number of nitriles is 1. The van der Waals surface area contributed by atoms with Gasteiger partial charge in [-0.05, 0) is 31.5 Å². The number of benzene rings is 1. The summed E-state index contributed by atoms with van der Waals surface area (Å²) in [6.45, 7) is 3.56. The van der Waals surface area contributed by atoms with Crippen LogP contribution in [0.2, 0.25) is 0 Å². The van der Waals surface area contributed by atoms with Gasteiger partial charge >= 0.3 is 5.97 Å². The van der Waals surface area contributed by atoms with E-state index in [0.29, 0.717) is 17.1 Å². The van der Waals surface area contributed by atoms with Crippen molar-refractivity contribution in [1.29, 1.82) is 5.26 Å². The molecule has 0 unspecified atom stereocenters. The average molecular weight is 314 g/mol. The summed E-state index contributed by atoms with van der Waals surface area (Å²) in [7, 11) is 1.55. The zero-order chi connectivity index (χ0) is 17.0. The molecule has 120 valence electrons. The van der Waals surface area contributed by atoms with Gasteiger partial charge in [0.2, 0.25) is 5.88 Å². The molecule has 0 fully saturated rings. The van der Waals surface area contributed by atoms with Gasteiger partial charge in [0.05, 0.1) is 25.2 Å². The summed E-state index contributed by atoms with van der Waals surface area (Å²) in [6.07, 6.45) is 0. The molecule has 23 heavy (non-hydrogen) atoms. The highest BCUT2D eigenvalue weighted by atomic mass is 16.5. The number of hydrogen-bond donors (Lipinski definition) is 1. The van der Waals surface area contributed by atoms with Crippen molar-refractivity contribution in [2.75, 3.05) is 13.7 Å². The Labute approximate surface area is 134 Å². The number of nitrogens with two attached hydrogens (primary N) is 1. The third kappa shape index (κ3) is 3.14. The van der Waals surface area contributed by atoms with Crippen molar-refractivity contribution in [3.63, 3.8) is 0 Å². The molecule has 0 amide bonds. The van der Waals surface area contributed by atoms with Crippen LogP contribution in [0.15, 0.2) is 47.1 Å². The predicted octanol–water partition coefficient (Wildman–Crippen LogP) is 2.34. The van der Waals surface area contributed by atoms with E-state index in [1.165, 1.54) is 0 Å². The lowest BCUT2D eigenvalue weighted by Gasteiger charge is -2.27. The van der Waals surface area contributed by atoms with Gasteiger partial charge in [-0.15, -0.1) is 0 Å². The second-order valence-electron chi connectivity index (χ2n) is 4.89. The highest BCUT2D eigenvalue weighted by Crippen LogP contribution is 2.40. The Morgan fingerprint density at radius 3 is 2.83 bits per heavy atom. The van der Waals surface area contributed by atoms with Crippen LogP contribution in [0.25, 0.3) is 0 Å². The van der Waals surface area contributed by atoms with Crippen LogP contribution in [0.4, 0.5) is 0 Å².